The number of nitrogens with one attached hydrogen (secondary N) is 1. The molecule has 122 valence electrons. The Hall–Kier alpha value is -1.51. The topological polar surface area (TPSA) is 29.1 Å². The van der Waals surface area contributed by atoms with E-state index in [1.165, 1.54) is 11.1 Å². The van der Waals surface area contributed by atoms with Crippen LogP contribution in [0, 0.1) is 0 Å². The largest absolute Gasteiger partial charge is 0.355 e. The summed E-state index contributed by atoms with van der Waals surface area (Å²) in [6.07, 6.45) is 1.01. The molecule has 0 heterocycles. The number of carbonyl (C=O) groups excluding carboxylic acids is 1. The second kappa shape index (κ2) is 8.37. The highest BCUT2D eigenvalue weighted by Crippen LogP contribution is 2.24. The Morgan fingerprint density at radius 3 is 2.22 bits per heavy atom. The van der Waals surface area contributed by atoms with Gasteiger partial charge < -0.3 is 5.32 Å². The molecule has 0 fully saturated rings. The van der Waals surface area contributed by atoms with Gasteiger partial charge in [-0.05, 0) is 41.2 Å². The summed E-state index contributed by atoms with van der Waals surface area (Å²) in [6.45, 7) is 4.95. The minimum absolute atomic E-state index is 0.0706. The molecule has 1 N–H and O–H groups in total. The van der Waals surface area contributed by atoms with E-state index in [9.17, 15) is 4.79 Å². The van der Waals surface area contributed by atoms with Gasteiger partial charge in [0.15, 0.2) is 0 Å². The van der Waals surface area contributed by atoms with Crippen LogP contribution in [0.15, 0.2) is 42.5 Å². The molecule has 4 heteroatoms. The summed E-state index contributed by atoms with van der Waals surface area (Å²) in [6, 6.07) is 13.8. The van der Waals surface area contributed by atoms with Crippen molar-refractivity contribution in [3.05, 3.63) is 69.2 Å². The van der Waals surface area contributed by atoms with Crippen molar-refractivity contribution in [2.75, 3.05) is 6.54 Å². The Morgan fingerprint density at radius 2 is 1.65 bits per heavy atom. The van der Waals surface area contributed by atoms with Crippen LogP contribution >= 0.6 is 23.2 Å². The smallest absolute Gasteiger partial charge is 0.224 e. The van der Waals surface area contributed by atoms with Crippen LogP contribution in [0.5, 0.6) is 0 Å². The van der Waals surface area contributed by atoms with Crippen molar-refractivity contribution in [3.8, 4) is 0 Å². The number of hydrogen-bond acceptors (Lipinski definition) is 1. The van der Waals surface area contributed by atoms with Crippen molar-refractivity contribution >= 4 is 29.1 Å². The molecule has 2 nitrogen and oxygen atoms in total. The van der Waals surface area contributed by atoms with Gasteiger partial charge in [-0.3, -0.25) is 4.79 Å². The number of benzene rings is 2. The minimum atomic E-state index is -0.0706. The van der Waals surface area contributed by atoms with Gasteiger partial charge in [-0.15, -0.1) is 0 Å². The molecule has 0 aromatic heterocycles. The molecule has 2 aromatic carbocycles. The number of rotatable bonds is 6. The minimum Gasteiger partial charge on any atom is -0.355 e. The van der Waals surface area contributed by atoms with Crippen LogP contribution in [0.3, 0.4) is 0 Å². The van der Waals surface area contributed by atoms with E-state index in [1.807, 2.05) is 0 Å². The van der Waals surface area contributed by atoms with Gasteiger partial charge in [0.2, 0.25) is 5.91 Å². The summed E-state index contributed by atoms with van der Waals surface area (Å²) in [5, 5.41) is 3.97. The summed E-state index contributed by atoms with van der Waals surface area (Å²) >= 11 is 12.2. The van der Waals surface area contributed by atoms with Crippen LogP contribution in [-0.4, -0.2) is 12.5 Å². The lowest BCUT2D eigenvalue weighted by Gasteiger charge is -2.09. The quantitative estimate of drug-likeness (QED) is 0.779. The maximum Gasteiger partial charge on any atom is 0.224 e. The van der Waals surface area contributed by atoms with E-state index in [-0.39, 0.29) is 12.3 Å². The maximum absolute atomic E-state index is 12.0. The zero-order valence-electron chi connectivity index (χ0n) is 13.4. The molecule has 0 aliphatic carbocycles. The Bertz CT molecular complexity index is 645. The molecular weight excluding hydrogens is 329 g/mol. The average Bonchev–Trinajstić information content (AvgIpc) is 2.51. The number of amides is 1. The van der Waals surface area contributed by atoms with Crippen molar-refractivity contribution < 1.29 is 4.79 Å². The van der Waals surface area contributed by atoms with Gasteiger partial charge >= 0.3 is 0 Å². The third-order valence-corrected chi connectivity index (χ3v) is 4.49. The maximum atomic E-state index is 12.0. The lowest BCUT2D eigenvalue weighted by Crippen LogP contribution is -2.27. The van der Waals surface area contributed by atoms with Crippen LogP contribution in [-0.2, 0) is 17.6 Å². The van der Waals surface area contributed by atoms with Crippen LogP contribution < -0.4 is 5.32 Å². The fourth-order valence-corrected chi connectivity index (χ4v) is 2.87. The zero-order chi connectivity index (χ0) is 16.8. The Morgan fingerprint density at radius 1 is 1.04 bits per heavy atom. The normalized spacial score (nSPS) is 10.8. The van der Waals surface area contributed by atoms with Crippen molar-refractivity contribution in [3.63, 3.8) is 0 Å². The molecule has 0 radical (unpaired) electrons. The predicted molar refractivity (Wildman–Crippen MR) is 97.4 cm³/mol. The Balaban J connectivity index is 1.83. The van der Waals surface area contributed by atoms with Gasteiger partial charge in [-0.25, -0.2) is 0 Å². The molecule has 1 amide bonds. The molecule has 0 aliphatic heterocycles. The molecule has 0 bridgehead atoms. The first-order valence-corrected chi connectivity index (χ1v) is 8.51. The molecule has 0 aliphatic rings. The van der Waals surface area contributed by atoms with Gasteiger partial charge in [0.1, 0.15) is 0 Å². The molecule has 0 saturated carbocycles. The zero-order valence-corrected chi connectivity index (χ0v) is 14.9. The number of carbonyl (C=O) groups is 1. The third-order valence-electron chi connectivity index (χ3n) is 3.78. The van der Waals surface area contributed by atoms with Crippen molar-refractivity contribution in [1.29, 1.82) is 0 Å². The SMILES string of the molecule is CC(C)c1ccc(CCNC(=O)Cc2c(Cl)cccc2Cl)cc1. The summed E-state index contributed by atoms with van der Waals surface area (Å²) in [7, 11) is 0. The van der Waals surface area contributed by atoms with E-state index >= 15 is 0 Å². The predicted octanol–water partition coefficient (Wildman–Crippen LogP) is 5.02. The first kappa shape index (κ1) is 17.8. The summed E-state index contributed by atoms with van der Waals surface area (Å²) < 4.78 is 0. The Labute approximate surface area is 147 Å². The molecular formula is C19H21Cl2NO. The standard InChI is InChI=1S/C19H21Cl2NO/c1-13(2)15-8-6-14(7-9-15)10-11-22-19(23)12-16-17(20)4-3-5-18(16)21/h3-9,13H,10-12H2,1-2H3,(H,22,23). The molecule has 2 rings (SSSR count). The highest BCUT2D eigenvalue weighted by Gasteiger charge is 2.10. The number of hydrogen-bond donors (Lipinski definition) is 1. The van der Waals surface area contributed by atoms with Crippen LogP contribution in [0.1, 0.15) is 36.5 Å². The van der Waals surface area contributed by atoms with Gasteiger partial charge in [0.05, 0.1) is 6.42 Å². The Kier molecular flexibility index (Phi) is 6.49. The van der Waals surface area contributed by atoms with E-state index in [0.717, 1.165) is 6.42 Å². The second-order valence-corrected chi connectivity index (χ2v) is 6.69. The average molecular weight is 350 g/mol. The first-order chi connectivity index (χ1) is 11.0. The van der Waals surface area contributed by atoms with E-state index in [1.54, 1.807) is 18.2 Å². The third kappa shape index (κ3) is 5.26. The summed E-state index contributed by atoms with van der Waals surface area (Å²) in [4.78, 5) is 12.0. The molecule has 0 atom stereocenters. The molecule has 0 saturated heterocycles. The van der Waals surface area contributed by atoms with Gasteiger partial charge in [0.25, 0.3) is 0 Å². The molecule has 0 unspecified atom stereocenters. The molecule has 0 spiro atoms. The molecule has 2 aromatic rings. The van der Waals surface area contributed by atoms with Gasteiger partial charge in [-0.2, -0.15) is 0 Å². The van der Waals surface area contributed by atoms with Crippen LogP contribution in [0.25, 0.3) is 0 Å². The lowest BCUT2D eigenvalue weighted by atomic mass is 10.0. The van der Waals surface area contributed by atoms with E-state index in [0.29, 0.717) is 28.1 Å². The fourth-order valence-electron chi connectivity index (χ4n) is 2.34. The van der Waals surface area contributed by atoms with E-state index < -0.39 is 0 Å². The fraction of sp³-hybridized carbons (Fsp3) is 0.316. The highest BCUT2D eigenvalue weighted by molar-refractivity contribution is 6.36. The highest BCUT2D eigenvalue weighted by atomic mass is 35.5. The number of halogens is 2. The van der Waals surface area contributed by atoms with Crippen LogP contribution in [0.2, 0.25) is 10.0 Å². The van der Waals surface area contributed by atoms with E-state index in [4.69, 9.17) is 23.2 Å². The summed E-state index contributed by atoms with van der Waals surface area (Å²) in [5.41, 5.74) is 3.21. The van der Waals surface area contributed by atoms with Gasteiger partial charge in [-0.1, -0.05) is 67.4 Å². The van der Waals surface area contributed by atoms with Crippen molar-refractivity contribution in [2.24, 2.45) is 0 Å². The van der Waals surface area contributed by atoms with Crippen molar-refractivity contribution in [1.82, 2.24) is 5.32 Å². The monoisotopic (exact) mass is 349 g/mol. The second-order valence-electron chi connectivity index (χ2n) is 5.87. The first-order valence-electron chi connectivity index (χ1n) is 7.76. The lowest BCUT2D eigenvalue weighted by molar-refractivity contribution is -0.120. The molecule has 23 heavy (non-hydrogen) atoms. The van der Waals surface area contributed by atoms with E-state index in [2.05, 4.69) is 43.4 Å². The van der Waals surface area contributed by atoms with Gasteiger partial charge in [0, 0.05) is 16.6 Å². The van der Waals surface area contributed by atoms with Crippen LogP contribution in [0.4, 0.5) is 0 Å². The summed E-state index contributed by atoms with van der Waals surface area (Å²) in [5.74, 6) is 0.461. The van der Waals surface area contributed by atoms with Crippen molar-refractivity contribution in [2.45, 2.75) is 32.6 Å².